The number of rotatable bonds is 6. The van der Waals surface area contributed by atoms with Crippen LogP contribution in [0.1, 0.15) is 54.9 Å². The minimum absolute atomic E-state index is 0.0173. The second-order valence-electron chi connectivity index (χ2n) is 9.89. The van der Waals surface area contributed by atoms with Gasteiger partial charge in [0.05, 0.1) is 24.0 Å². The molecule has 1 saturated heterocycles. The molecule has 1 aliphatic heterocycles. The predicted molar refractivity (Wildman–Crippen MR) is 123 cm³/mol. The molecule has 1 amide bonds. The Morgan fingerprint density at radius 1 is 1.14 bits per heavy atom. The van der Waals surface area contributed by atoms with Gasteiger partial charge in [0.25, 0.3) is 5.91 Å². The lowest BCUT2D eigenvalue weighted by atomic mass is 9.90. The van der Waals surface area contributed by atoms with E-state index in [4.69, 9.17) is 4.74 Å². The maximum atomic E-state index is 14.0. The van der Waals surface area contributed by atoms with Crippen LogP contribution in [0.15, 0.2) is 42.9 Å². The molecule has 190 valence electrons. The summed E-state index contributed by atoms with van der Waals surface area (Å²) in [5, 5.41) is 8.36. The van der Waals surface area contributed by atoms with Gasteiger partial charge in [-0.1, -0.05) is 13.8 Å². The number of piperidine rings is 1. The number of hydrogen-bond acceptors (Lipinski definition) is 6. The highest BCUT2D eigenvalue weighted by Gasteiger charge is 2.54. The Morgan fingerprint density at radius 3 is 2.53 bits per heavy atom. The molecule has 2 aliphatic rings. The summed E-state index contributed by atoms with van der Waals surface area (Å²) in [6.07, 6.45) is 1.31. The summed E-state index contributed by atoms with van der Waals surface area (Å²) in [6, 6.07) is 5.55. The quantitative estimate of drug-likeness (QED) is 0.496. The molecule has 8 nitrogen and oxygen atoms in total. The van der Waals surface area contributed by atoms with Crippen LogP contribution in [-0.2, 0) is 6.18 Å². The zero-order chi connectivity index (χ0) is 25.6. The van der Waals surface area contributed by atoms with Crippen molar-refractivity contribution in [2.24, 2.45) is 11.8 Å². The first-order chi connectivity index (χ1) is 17.1. The number of aryl methyl sites for hydroxylation is 1. The van der Waals surface area contributed by atoms with E-state index < -0.39 is 11.7 Å². The van der Waals surface area contributed by atoms with Gasteiger partial charge in [-0.25, -0.2) is 9.97 Å². The summed E-state index contributed by atoms with van der Waals surface area (Å²) in [6.45, 7) is 6.07. The molecule has 2 fully saturated rings. The molecule has 2 bridgehead atoms. The van der Waals surface area contributed by atoms with Gasteiger partial charge in [0.15, 0.2) is 5.69 Å². The van der Waals surface area contributed by atoms with Crippen LogP contribution < -0.4 is 4.74 Å². The molecular formula is C25H27F3N6O2. The van der Waals surface area contributed by atoms with Gasteiger partial charge in [0.1, 0.15) is 11.8 Å². The van der Waals surface area contributed by atoms with Crippen molar-refractivity contribution in [3.63, 3.8) is 0 Å². The molecule has 0 N–H and O–H groups in total. The molecule has 4 heterocycles. The van der Waals surface area contributed by atoms with Crippen molar-refractivity contribution in [1.29, 1.82) is 0 Å². The summed E-state index contributed by atoms with van der Waals surface area (Å²) in [5.41, 5.74) is 0.616. The van der Waals surface area contributed by atoms with E-state index in [2.05, 4.69) is 34.0 Å². The summed E-state index contributed by atoms with van der Waals surface area (Å²) in [4.78, 5) is 25.7. The number of carbonyl (C=O) groups excluding carboxylic acids is 1. The molecule has 0 unspecified atom stereocenters. The number of fused-ring (bicyclic) bond motifs is 2. The summed E-state index contributed by atoms with van der Waals surface area (Å²) in [7, 11) is 0. The third-order valence-electron chi connectivity index (χ3n) is 6.90. The third-order valence-corrected chi connectivity index (χ3v) is 6.90. The topological polar surface area (TPSA) is 86.0 Å². The van der Waals surface area contributed by atoms with Crippen molar-refractivity contribution in [3.8, 4) is 11.6 Å². The van der Waals surface area contributed by atoms with Crippen LogP contribution in [-0.4, -0.2) is 54.0 Å². The van der Waals surface area contributed by atoms with E-state index in [-0.39, 0.29) is 41.6 Å². The number of alkyl halides is 3. The van der Waals surface area contributed by atoms with E-state index in [9.17, 15) is 18.0 Å². The molecule has 1 aliphatic carbocycles. The number of halogens is 3. The number of ether oxygens (including phenoxy) is 1. The van der Waals surface area contributed by atoms with E-state index in [0.717, 1.165) is 25.1 Å². The highest BCUT2D eigenvalue weighted by molar-refractivity contribution is 5.96. The molecule has 0 spiro atoms. The molecular weight excluding hydrogens is 473 g/mol. The van der Waals surface area contributed by atoms with E-state index in [1.165, 1.54) is 23.3 Å². The molecule has 4 atom stereocenters. The Morgan fingerprint density at radius 2 is 1.89 bits per heavy atom. The van der Waals surface area contributed by atoms with Crippen molar-refractivity contribution in [1.82, 2.24) is 29.9 Å². The highest BCUT2D eigenvalue weighted by Crippen LogP contribution is 2.47. The lowest BCUT2D eigenvalue weighted by Crippen LogP contribution is -2.52. The Bertz CT molecular complexity index is 1230. The average molecular weight is 501 g/mol. The number of amides is 1. The van der Waals surface area contributed by atoms with Crippen molar-refractivity contribution in [3.05, 3.63) is 59.8 Å². The van der Waals surface area contributed by atoms with Gasteiger partial charge in [-0.05, 0) is 56.2 Å². The summed E-state index contributed by atoms with van der Waals surface area (Å²) < 4.78 is 44.8. The number of nitrogens with zero attached hydrogens (tertiary/aromatic N) is 6. The molecule has 1 saturated carbocycles. The number of carbonyl (C=O) groups is 1. The fraction of sp³-hybridized carbons (Fsp3) is 0.480. The zero-order valence-corrected chi connectivity index (χ0v) is 20.2. The fourth-order valence-electron chi connectivity index (χ4n) is 5.41. The van der Waals surface area contributed by atoms with Gasteiger partial charge in [0, 0.05) is 24.0 Å². The van der Waals surface area contributed by atoms with Crippen LogP contribution in [0.2, 0.25) is 0 Å². The van der Waals surface area contributed by atoms with Crippen LogP contribution in [0.25, 0.3) is 5.69 Å². The van der Waals surface area contributed by atoms with E-state index >= 15 is 0 Å². The second-order valence-corrected chi connectivity index (χ2v) is 9.89. The monoisotopic (exact) mass is 500 g/mol. The minimum Gasteiger partial charge on any atom is -0.472 e. The van der Waals surface area contributed by atoms with Gasteiger partial charge < -0.3 is 9.64 Å². The largest absolute Gasteiger partial charge is 0.472 e. The fourth-order valence-corrected chi connectivity index (χ4v) is 5.41. The molecule has 3 aromatic heterocycles. The number of pyridine rings is 2. The van der Waals surface area contributed by atoms with E-state index in [1.54, 1.807) is 12.1 Å². The van der Waals surface area contributed by atoms with Crippen molar-refractivity contribution < 1.29 is 22.7 Å². The highest BCUT2D eigenvalue weighted by atomic mass is 19.4. The number of hydrogen-bond donors (Lipinski definition) is 0. The van der Waals surface area contributed by atoms with Gasteiger partial charge in [-0.15, -0.1) is 4.80 Å². The first kappa shape index (κ1) is 24.2. The Hall–Kier alpha value is -3.50. The molecule has 5 rings (SSSR count). The van der Waals surface area contributed by atoms with Gasteiger partial charge in [0.2, 0.25) is 5.88 Å². The number of aromatic nitrogens is 5. The zero-order valence-electron chi connectivity index (χ0n) is 20.2. The molecule has 36 heavy (non-hydrogen) atoms. The van der Waals surface area contributed by atoms with Gasteiger partial charge >= 0.3 is 6.18 Å². The average Bonchev–Trinajstić information content (AvgIpc) is 3.55. The summed E-state index contributed by atoms with van der Waals surface area (Å²) in [5.74, 6) is 0.483. The van der Waals surface area contributed by atoms with Crippen LogP contribution in [0.3, 0.4) is 0 Å². The normalized spacial score (nSPS) is 23.5. The first-order valence-electron chi connectivity index (χ1n) is 12.0. The Labute approximate surface area is 206 Å². The first-order valence-corrected chi connectivity index (χ1v) is 12.0. The van der Waals surface area contributed by atoms with Crippen LogP contribution >= 0.6 is 0 Å². The predicted octanol–water partition coefficient (Wildman–Crippen LogP) is 4.48. The molecule has 0 aromatic carbocycles. The van der Waals surface area contributed by atoms with E-state index in [1.807, 2.05) is 11.8 Å². The van der Waals surface area contributed by atoms with Gasteiger partial charge in [-0.2, -0.15) is 23.4 Å². The molecule has 0 radical (unpaired) electrons. The maximum absolute atomic E-state index is 14.0. The van der Waals surface area contributed by atoms with Crippen molar-refractivity contribution >= 4 is 5.91 Å². The maximum Gasteiger partial charge on any atom is 0.417 e. The third kappa shape index (κ3) is 4.54. The van der Waals surface area contributed by atoms with Gasteiger partial charge in [-0.3, -0.25) is 4.79 Å². The minimum atomic E-state index is -4.47. The molecule has 11 heteroatoms. The second kappa shape index (κ2) is 9.18. The lowest BCUT2D eigenvalue weighted by Gasteiger charge is -2.40. The lowest BCUT2D eigenvalue weighted by molar-refractivity contribution is -0.137. The van der Waals surface area contributed by atoms with Crippen molar-refractivity contribution in [2.75, 3.05) is 0 Å². The SMILES string of the molecule is Cc1ccc(-n2nccn2)c(C(=O)N2[C@H](CC(C)C)[C@H]3C[C@@H](Oc4ccc(C(F)(F)F)cn4)[C@@H]2C3)n1. The number of likely N-dealkylation sites (tertiary alicyclic amines) is 1. The smallest absolute Gasteiger partial charge is 0.417 e. The van der Waals surface area contributed by atoms with Crippen molar-refractivity contribution in [2.45, 2.75) is 64.4 Å². The van der Waals surface area contributed by atoms with Crippen LogP contribution in [0, 0.1) is 18.8 Å². The van der Waals surface area contributed by atoms with E-state index in [0.29, 0.717) is 23.7 Å². The molecule has 3 aromatic rings. The Kier molecular flexibility index (Phi) is 6.17. The summed E-state index contributed by atoms with van der Waals surface area (Å²) >= 11 is 0. The van der Waals surface area contributed by atoms with Crippen LogP contribution in [0.5, 0.6) is 5.88 Å². The standard InChI is InChI=1S/C25H27F3N6O2/c1-14(2)10-19-16-11-20(21(12-16)36-22-7-5-17(13-29-22)25(26,27)28)33(19)24(35)23-18(6-4-15(3)32-23)34-30-8-9-31-34/h4-9,13-14,16,19-21H,10-12H2,1-3H3/t16-,19-,20+,21-/m1/s1. The van der Waals surface area contributed by atoms with Crippen LogP contribution in [0.4, 0.5) is 13.2 Å². The Balaban J connectivity index is 1.45.